The lowest BCUT2D eigenvalue weighted by Crippen LogP contribution is -2.43. The fraction of sp³-hybridized carbons (Fsp3) is 0.579. The number of nitrogens with zero attached hydrogens (tertiary/aromatic N) is 5. The summed E-state index contributed by atoms with van der Waals surface area (Å²) in [4.78, 5) is 18.3. The zero-order chi connectivity index (χ0) is 19.0. The molecule has 7 nitrogen and oxygen atoms in total. The predicted octanol–water partition coefficient (Wildman–Crippen LogP) is 3.57. The van der Waals surface area contributed by atoms with Gasteiger partial charge in [-0.3, -0.25) is 0 Å². The van der Waals surface area contributed by atoms with E-state index in [9.17, 15) is 0 Å². The van der Waals surface area contributed by atoms with Crippen LogP contribution in [-0.4, -0.2) is 39.2 Å². The molecule has 0 bridgehead atoms. The Hall–Kier alpha value is -2.06. The maximum absolute atomic E-state index is 5.36. The minimum atomic E-state index is 0.0712. The molecule has 1 aliphatic heterocycles. The lowest BCUT2D eigenvalue weighted by Gasteiger charge is -2.34. The Morgan fingerprint density at radius 3 is 2.78 bits per heavy atom. The van der Waals surface area contributed by atoms with Crippen LogP contribution in [-0.2, 0) is 6.42 Å². The standard InChI is InChI=1S/C19H26N6OS/c1-5-15-23-18(26-24-15)12(3)22-14-6-8-25(9-7-14)17-16-11(2)13(4)27-19(16)21-10-20-17/h10,12,14,22H,5-9H2,1-4H3/t12-/m0/s1. The third kappa shape index (κ3) is 3.55. The molecule has 1 fully saturated rings. The number of aromatic nitrogens is 4. The van der Waals surface area contributed by atoms with Gasteiger partial charge >= 0.3 is 0 Å². The molecule has 1 aliphatic rings. The molecule has 0 aromatic carbocycles. The van der Waals surface area contributed by atoms with E-state index in [1.54, 1.807) is 17.7 Å². The van der Waals surface area contributed by atoms with Crippen molar-refractivity contribution in [3.8, 4) is 0 Å². The van der Waals surface area contributed by atoms with Gasteiger partial charge in [0.15, 0.2) is 5.82 Å². The second-order valence-corrected chi connectivity index (χ2v) is 8.42. The number of rotatable bonds is 5. The summed E-state index contributed by atoms with van der Waals surface area (Å²) in [6.07, 6.45) is 4.61. The summed E-state index contributed by atoms with van der Waals surface area (Å²) < 4.78 is 5.36. The van der Waals surface area contributed by atoms with Crippen LogP contribution >= 0.6 is 11.3 Å². The molecule has 0 saturated carbocycles. The normalized spacial score (nSPS) is 17.0. The highest BCUT2D eigenvalue weighted by molar-refractivity contribution is 7.18. The number of piperidine rings is 1. The fourth-order valence-corrected chi connectivity index (χ4v) is 4.66. The van der Waals surface area contributed by atoms with Gasteiger partial charge in [0.1, 0.15) is 17.0 Å². The molecule has 0 amide bonds. The molecule has 27 heavy (non-hydrogen) atoms. The van der Waals surface area contributed by atoms with Crippen LogP contribution in [0, 0.1) is 13.8 Å². The molecule has 3 aromatic heterocycles. The van der Waals surface area contributed by atoms with Gasteiger partial charge in [0.05, 0.1) is 11.4 Å². The summed E-state index contributed by atoms with van der Waals surface area (Å²) in [6.45, 7) is 10.4. The Kier molecular flexibility index (Phi) is 5.10. The minimum Gasteiger partial charge on any atom is -0.356 e. The molecule has 1 N–H and O–H groups in total. The van der Waals surface area contributed by atoms with Crippen molar-refractivity contribution in [1.82, 2.24) is 25.4 Å². The molecule has 1 saturated heterocycles. The number of nitrogens with one attached hydrogen (secondary N) is 1. The van der Waals surface area contributed by atoms with Gasteiger partial charge in [0.25, 0.3) is 0 Å². The predicted molar refractivity (Wildman–Crippen MR) is 107 cm³/mol. The van der Waals surface area contributed by atoms with Crippen molar-refractivity contribution in [1.29, 1.82) is 0 Å². The van der Waals surface area contributed by atoms with Gasteiger partial charge < -0.3 is 14.7 Å². The van der Waals surface area contributed by atoms with E-state index in [2.05, 4.69) is 51.1 Å². The zero-order valence-corrected chi connectivity index (χ0v) is 17.1. The van der Waals surface area contributed by atoms with E-state index in [0.717, 1.165) is 48.8 Å². The third-order valence-corrected chi connectivity index (χ3v) is 6.51. The van der Waals surface area contributed by atoms with Gasteiger partial charge in [-0.1, -0.05) is 12.1 Å². The van der Waals surface area contributed by atoms with Gasteiger partial charge in [-0.2, -0.15) is 4.98 Å². The van der Waals surface area contributed by atoms with Crippen LogP contribution in [0.4, 0.5) is 5.82 Å². The first kappa shape index (κ1) is 18.3. The van der Waals surface area contributed by atoms with Crippen LogP contribution in [0.15, 0.2) is 10.9 Å². The average Bonchev–Trinajstić information content (AvgIpc) is 3.27. The molecule has 4 rings (SSSR count). The van der Waals surface area contributed by atoms with Crippen LogP contribution < -0.4 is 10.2 Å². The Morgan fingerprint density at radius 2 is 2.07 bits per heavy atom. The zero-order valence-electron chi connectivity index (χ0n) is 16.3. The summed E-state index contributed by atoms with van der Waals surface area (Å²) in [6, 6.07) is 0.512. The molecule has 0 aliphatic carbocycles. The van der Waals surface area contributed by atoms with E-state index in [4.69, 9.17) is 4.52 Å². The fourth-order valence-electron chi connectivity index (χ4n) is 3.67. The molecule has 144 valence electrons. The number of hydrogen-bond donors (Lipinski definition) is 1. The highest BCUT2D eigenvalue weighted by Crippen LogP contribution is 2.35. The van der Waals surface area contributed by atoms with E-state index in [1.807, 2.05) is 6.92 Å². The van der Waals surface area contributed by atoms with Gasteiger partial charge in [0.2, 0.25) is 5.89 Å². The van der Waals surface area contributed by atoms with E-state index >= 15 is 0 Å². The molecule has 0 radical (unpaired) electrons. The van der Waals surface area contributed by atoms with Crippen molar-refractivity contribution in [3.05, 3.63) is 28.5 Å². The van der Waals surface area contributed by atoms with Crippen molar-refractivity contribution in [2.75, 3.05) is 18.0 Å². The minimum absolute atomic E-state index is 0.0712. The molecular formula is C19H26N6OS. The maximum Gasteiger partial charge on any atom is 0.243 e. The average molecular weight is 387 g/mol. The Labute approximate surface area is 163 Å². The Balaban J connectivity index is 1.42. The molecule has 4 heterocycles. The van der Waals surface area contributed by atoms with Crippen LogP contribution in [0.25, 0.3) is 10.2 Å². The van der Waals surface area contributed by atoms with Gasteiger partial charge in [-0.15, -0.1) is 11.3 Å². The number of thiophene rings is 1. The lowest BCUT2D eigenvalue weighted by atomic mass is 10.0. The molecule has 0 unspecified atom stereocenters. The number of fused-ring (bicyclic) bond motifs is 1. The summed E-state index contributed by atoms with van der Waals surface area (Å²) in [5.74, 6) is 2.52. The SMILES string of the molecule is CCc1noc([C@H](C)NC2CCN(c3ncnc4sc(C)c(C)c34)CC2)n1. The first-order valence-electron chi connectivity index (χ1n) is 9.61. The van der Waals surface area contributed by atoms with Crippen molar-refractivity contribution >= 4 is 27.4 Å². The van der Waals surface area contributed by atoms with Crippen molar-refractivity contribution in [2.24, 2.45) is 0 Å². The molecular weight excluding hydrogens is 360 g/mol. The van der Waals surface area contributed by atoms with Gasteiger partial charge in [-0.25, -0.2) is 9.97 Å². The van der Waals surface area contributed by atoms with E-state index < -0.39 is 0 Å². The Bertz CT molecular complexity index is 928. The van der Waals surface area contributed by atoms with Crippen molar-refractivity contribution in [3.63, 3.8) is 0 Å². The van der Waals surface area contributed by atoms with Crippen molar-refractivity contribution < 1.29 is 4.52 Å². The monoisotopic (exact) mass is 386 g/mol. The summed E-state index contributed by atoms with van der Waals surface area (Å²) >= 11 is 1.75. The van der Waals surface area contributed by atoms with Crippen LogP contribution in [0.1, 0.15) is 54.9 Å². The highest BCUT2D eigenvalue weighted by Gasteiger charge is 2.25. The molecule has 1 atom stereocenters. The highest BCUT2D eigenvalue weighted by atomic mass is 32.1. The third-order valence-electron chi connectivity index (χ3n) is 5.40. The lowest BCUT2D eigenvalue weighted by molar-refractivity contribution is 0.304. The largest absolute Gasteiger partial charge is 0.356 e. The van der Waals surface area contributed by atoms with Gasteiger partial charge in [0, 0.05) is 30.4 Å². The number of hydrogen-bond acceptors (Lipinski definition) is 8. The molecule has 3 aromatic rings. The summed E-state index contributed by atoms with van der Waals surface area (Å²) in [5.41, 5.74) is 1.31. The number of anilines is 1. The first-order valence-corrected chi connectivity index (χ1v) is 10.4. The van der Waals surface area contributed by atoms with Crippen molar-refractivity contribution in [2.45, 2.75) is 59.0 Å². The quantitative estimate of drug-likeness (QED) is 0.718. The van der Waals surface area contributed by atoms with Gasteiger partial charge in [-0.05, 0) is 39.2 Å². The second kappa shape index (κ2) is 7.52. The number of aryl methyl sites for hydroxylation is 3. The van der Waals surface area contributed by atoms with Crippen LogP contribution in [0.2, 0.25) is 0 Å². The smallest absolute Gasteiger partial charge is 0.243 e. The summed E-state index contributed by atoms with van der Waals surface area (Å²) in [5, 5.41) is 8.86. The van der Waals surface area contributed by atoms with Crippen LogP contribution in [0.5, 0.6) is 0 Å². The second-order valence-electron chi connectivity index (χ2n) is 7.21. The Morgan fingerprint density at radius 1 is 1.30 bits per heavy atom. The van der Waals surface area contributed by atoms with E-state index in [1.165, 1.54) is 15.8 Å². The molecule has 8 heteroatoms. The molecule has 0 spiro atoms. The van der Waals surface area contributed by atoms with Crippen LogP contribution in [0.3, 0.4) is 0 Å². The summed E-state index contributed by atoms with van der Waals surface area (Å²) in [7, 11) is 0. The first-order chi connectivity index (χ1) is 13.1. The van der Waals surface area contributed by atoms with E-state index in [0.29, 0.717) is 11.9 Å². The van der Waals surface area contributed by atoms with E-state index in [-0.39, 0.29) is 6.04 Å². The maximum atomic E-state index is 5.36. The topological polar surface area (TPSA) is 80.0 Å².